The highest BCUT2D eigenvalue weighted by Gasteiger charge is 2.40. The molecule has 4 atom stereocenters. The predicted octanol–water partition coefficient (Wildman–Crippen LogP) is 6.72. The Kier molecular flexibility index (Phi) is 16.0. The summed E-state index contributed by atoms with van der Waals surface area (Å²) in [5, 5.41) is 20.8. The Bertz CT molecular complexity index is 474. The van der Waals surface area contributed by atoms with E-state index in [2.05, 4.69) is 19.1 Å². The van der Waals surface area contributed by atoms with Crippen molar-refractivity contribution in [2.24, 2.45) is 11.8 Å². The molecule has 0 bridgehead atoms. The summed E-state index contributed by atoms with van der Waals surface area (Å²) >= 11 is 0. The van der Waals surface area contributed by atoms with E-state index in [0.717, 1.165) is 38.5 Å². The highest BCUT2D eigenvalue weighted by molar-refractivity contribution is 5.69. The number of esters is 1. The quantitative estimate of drug-likeness (QED) is 0.141. The van der Waals surface area contributed by atoms with Gasteiger partial charge in [0.25, 0.3) is 0 Å². The van der Waals surface area contributed by atoms with E-state index in [-0.39, 0.29) is 36.1 Å². The third kappa shape index (κ3) is 13.3. The Labute approximate surface area is 191 Å². The molecule has 31 heavy (non-hydrogen) atoms. The first-order chi connectivity index (χ1) is 15.0. The molecular formula is C27H50O4. The Morgan fingerprint density at radius 1 is 0.871 bits per heavy atom. The minimum Gasteiger partial charge on any atom is -0.463 e. The summed E-state index contributed by atoms with van der Waals surface area (Å²) in [6, 6.07) is 0. The van der Waals surface area contributed by atoms with Crippen molar-refractivity contribution in [2.75, 3.05) is 0 Å². The Morgan fingerprint density at radius 2 is 1.48 bits per heavy atom. The SMILES string of the molecule is CCCCCCCCCC[C@@H]1[C@@H](C/C=C\CCCCCC(=O)OC(C)C)[C@@H](O)C[C@H]1O. The zero-order chi connectivity index (χ0) is 22.9. The third-order valence-corrected chi connectivity index (χ3v) is 6.61. The zero-order valence-electron chi connectivity index (χ0n) is 20.6. The van der Waals surface area contributed by atoms with Crippen LogP contribution in [0.5, 0.6) is 0 Å². The first-order valence-electron chi connectivity index (χ1n) is 13.2. The maximum absolute atomic E-state index is 11.5. The molecule has 1 aliphatic rings. The van der Waals surface area contributed by atoms with E-state index in [1.165, 1.54) is 51.4 Å². The molecule has 182 valence electrons. The molecule has 1 rings (SSSR count). The molecule has 1 saturated carbocycles. The lowest BCUT2D eigenvalue weighted by molar-refractivity contribution is -0.147. The maximum Gasteiger partial charge on any atom is 0.306 e. The van der Waals surface area contributed by atoms with Crippen LogP contribution in [0.4, 0.5) is 0 Å². The molecule has 4 nitrogen and oxygen atoms in total. The van der Waals surface area contributed by atoms with Crippen molar-refractivity contribution in [3.8, 4) is 0 Å². The topological polar surface area (TPSA) is 66.8 Å². The van der Waals surface area contributed by atoms with Crippen molar-refractivity contribution in [3.63, 3.8) is 0 Å². The van der Waals surface area contributed by atoms with E-state index >= 15 is 0 Å². The number of carbonyl (C=O) groups is 1. The second-order valence-corrected chi connectivity index (χ2v) is 9.81. The average Bonchev–Trinajstić information content (AvgIpc) is 2.98. The lowest BCUT2D eigenvalue weighted by atomic mass is 9.86. The van der Waals surface area contributed by atoms with Crippen LogP contribution in [0.3, 0.4) is 0 Å². The maximum atomic E-state index is 11.5. The molecule has 0 aromatic rings. The second-order valence-electron chi connectivity index (χ2n) is 9.81. The van der Waals surface area contributed by atoms with Crippen LogP contribution in [-0.4, -0.2) is 34.5 Å². The van der Waals surface area contributed by atoms with Gasteiger partial charge in [-0.2, -0.15) is 0 Å². The van der Waals surface area contributed by atoms with Crippen molar-refractivity contribution in [1.82, 2.24) is 0 Å². The molecule has 0 heterocycles. The van der Waals surface area contributed by atoms with Gasteiger partial charge in [0.2, 0.25) is 0 Å². The van der Waals surface area contributed by atoms with Gasteiger partial charge in [0.15, 0.2) is 0 Å². The number of rotatable bonds is 18. The minimum absolute atomic E-state index is 0.0285. The van der Waals surface area contributed by atoms with Gasteiger partial charge in [-0.05, 0) is 64.2 Å². The summed E-state index contributed by atoms with van der Waals surface area (Å²) in [6.45, 7) is 6.01. The van der Waals surface area contributed by atoms with Crippen molar-refractivity contribution in [2.45, 2.75) is 142 Å². The van der Waals surface area contributed by atoms with Gasteiger partial charge in [0.1, 0.15) is 0 Å². The van der Waals surface area contributed by atoms with E-state index in [1.54, 1.807) is 0 Å². The van der Waals surface area contributed by atoms with Gasteiger partial charge in [-0.15, -0.1) is 0 Å². The van der Waals surface area contributed by atoms with Gasteiger partial charge in [-0.1, -0.05) is 76.9 Å². The number of allylic oxidation sites excluding steroid dienone is 2. The van der Waals surface area contributed by atoms with E-state index in [9.17, 15) is 15.0 Å². The van der Waals surface area contributed by atoms with Crippen LogP contribution in [-0.2, 0) is 9.53 Å². The molecule has 0 amide bonds. The average molecular weight is 439 g/mol. The molecule has 0 aromatic heterocycles. The van der Waals surface area contributed by atoms with Crippen LogP contribution in [0.2, 0.25) is 0 Å². The van der Waals surface area contributed by atoms with E-state index in [0.29, 0.717) is 12.8 Å². The van der Waals surface area contributed by atoms with Gasteiger partial charge in [0.05, 0.1) is 18.3 Å². The van der Waals surface area contributed by atoms with E-state index in [4.69, 9.17) is 4.74 Å². The van der Waals surface area contributed by atoms with E-state index < -0.39 is 0 Å². The van der Waals surface area contributed by atoms with Crippen LogP contribution < -0.4 is 0 Å². The predicted molar refractivity (Wildman–Crippen MR) is 129 cm³/mol. The highest BCUT2D eigenvalue weighted by atomic mass is 16.5. The standard InChI is InChI=1S/C27H50O4/c1-4-5-6-7-8-9-12-15-18-23-24(26(29)21-25(23)28)19-16-13-10-11-14-17-20-27(30)31-22(2)3/h13,16,22-26,28-29H,4-12,14-15,17-21H2,1-3H3/b16-13-/t23-,24-,25-,26+/m1/s1. The van der Waals surface area contributed by atoms with Gasteiger partial charge < -0.3 is 14.9 Å². The van der Waals surface area contributed by atoms with Gasteiger partial charge >= 0.3 is 5.97 Å². The van der Waals surface area contributed by atoms with Crippen LogP contribution in [0.1, 0.15) is 124 Å². The van der Waals surface area contributed by atoms with Crippen molar-refractivity contribution in [3.05, 3.63) is 12.2 Å². The van der Waals surface area contributed by atoms with Crippen molar-refractivity contribution < 1.29 is 19.7 Å². The summed E-state index contributed by atoms with van der Waals surface area (Å²) in [4.78, 5) is 11.5. The summed E-state index contributed by atoms with van der Waals surface area (Å²) < 4.78 is 5.15. The normalized spacial score (nSPS) is 23.8. The number of hydrogen-bond acceptors (Lipinski definition) is 4. The fourth-order valence-corrected chi connectivity index (χ4v) is 4.82. The molecule has 1 aliphatic carbocycles. The largest absolute Gasteiger partial charge is 0.463 e. The van der Waals surface area contributed by atoms with Crippen molar-refractivity contribution in [1.29, 1.82) is 0 Å². The Hall–Kier alpha value is -0.870. The molecule has 0 aliphatic heterocycles. The van der Waals surface area contributed by atoms with Crippen LogP contribution >= 0.6 is 0 Å². The highest BCUT2D eigenvalue weighted by Crippen LogP contribution is 2.38. The lowest BCUT2D eigenvalue weighted by Crippen LogP contribution is -2.21. The smallest absolute Gasteiger partial charge is 0.306 e. The van der Waals surface area contributed by atoms with Gasteiger partial charge in [-0.3, -0.25) is 4.79 Å². The number of unbranched alkanes of at least 4 members (excludes halogenated alkanes) is 10. The first kappa shape index (κ1) is 28.2. The molecule has 0 saturated heterocycles. The number of aliphatic hydroxyl groups is 2. The minimum atomic E-state index is -0.370. The molecule has 0 spiro atoms. The molecule has 1 fully saturated rings. The Morgan fingerprint density at radius 3 is 2.16 bits per heavy atom. The van der Waals surface area contributed by atoms with Crippen molar-refractivity contribution >= 4 is 5.97 Å². The van der Waals surface area contributed by atoms with E-state index in [1.807, 2.05) is 13.8 Å². The molecule has 0 radical (unpaired) electrons. The first-order valence-corrected chi connectivity index (χ1v) is 13.2. The monoisotopic (exact) mass is 438 g/mol. The molecule has 2 N–H and O–H groups in total. The molecular weight excluding hydrogens is 388 g/mol. The number of aliphatic hydroxyl groups excluding tert-OH is 2. The molecule has 0 unspecified atom stereocenters. The fraction of sp³-hybridized carbons (Fsp3) is 0.889. The van der Waals surface area contributed by atoms with Crippen LogP contribution in [0, 0.1) is 11.8 Å². The summed E-state index contributed by atoms with van der Waals surface area (Å²) in [5.74, 6) is 0.343. The summed E-state index contributed by atoms with van der Waals surface area (Å²) in [7, 11) is 0. The molecule has 4 heteroatoms. The van der Waals surface area contributed by atoms with Crippen LogP contribution in [0.15, 0.2) is 12.2 Å². The number of carbonyl (C=O) groups excluding carboxylic acids is 1. The fourth-order valence-electron chi connectivity index (χ4n) is 4.82. The zero-order valence-corrected chi connectivity index (χ0v) is 20.6. The van der Waals surface area contributed by atoms with Gasteiger partial charge in [-0.25, -0.2) is 0 Å². The molecule has 0 aromatic carbocycles. The third-order valence-electron chi connectivity index (χ3n) is 6.61. The summed E-state index contributed by atoms with van der Waals surface area (Å²) in [5.41, 5.74) is 0. The van der Waals surface area contributed by atoms with Gasteiger partial charge in [0, 0.05) is 6.42 Å². The summed E-state index contributed by atoms with van der Waals surface area (Å²) in [6.07, 6.45) is 21.0. The van der Waals surface area contributed by atoms with Crippen LogP contribution in [0.25, 0.3) is 0 Å². The number of ether oxygens (including phenoxy) is 1. The second kappa shape index (κ2) is 17.7. The lowest BCUT2D eigenvalue weighted by Gasteiger charge is -2.22. The Balaban J connectivity index is 2.16. The number of hydrogen-bond donors (Lipinski definition) is 2.